The summed E-state index contributed by atoms with van der Waals surface area (Å²) in [6.07, 6.45) is -0.572. The van der Waals surface area contributed by atoms with Crippen LogP contribution in [0.15, 0.2) is 35.5 Å². The molecule has 136 valence electrons. The van der Waals surface area contributed by atoms with E-state index < -0.39 is 30.0 Å². The number of benzene rings is 1. The molecule has 8 heteroatoms. The van der Waals surface area contributed by atoms with Crippen molar-refractivity contribution in [2.24, 2.45) is 0 Å². The van der Waals surface area contributed by atoms with Crippen LogP contribution in [-0.4, -0.2) is 42.9 Å². The molecular formula is C17H22FN3O4. The maximum atomic E-state index is 13.2. The van der Waals surface area contributed by atoms with Gasteiger partial charge in [0.25, 0.3) is 0 Å². The monoisotopic (exact) mass is 351 g/mol. The molecule has 2 rings (SSSR count). The van der Waals surface area contributed by atoms with Crippen molar-refractivity contribution in [2.45, 2.75) is 26.0 Å². The van der Waals surface area contributed by atoms with Crippen molar-refractivity contribution in [3.63, 3.8) is 0 Å². The first-order valence-corrected chi connectivity index (χ1v) is 8.04. The first-order chi connectivity index (χ1) is 11.9. The lowest BCUT2D eigenvalue weighted by molar-refractivity contribution is -0.139. The third kappa shape index (κ3) is 5.01. The molecule has 1 heterocycles. The Balaban J connectivity index is 2.38. The summed E-state index contributed by atoms with van der Waals surface area (Å²) in [5, 5.41) is 17.6. The van der Waals surface area contributed by atoms with Gasteiger partial charge in [-0.25, -0.2) is 14.0 Å². The average Bonchev–Trinajstić information content (AvgIpc) is 2.54. The Bertz CT molecular complexity index is 658. The first-order valence-electron chi connectivity index (χ1n) is 8.04. The predicted octanol–water partition coefficient (Wildman–Crippen LogP) is 0.967. The zero-order chi connectivity index (χ0) is 18.4. The first kappa shape index (κ1) is 18.9. The third-order valence-electron chi connectivity index (χ3n) is 3.59. The molecule has 0 radical (unpaired) electrons. The minimum Gasteiger partial charge on any atom is -0.463 e. The molecule has 0 aromatic heterocycles. The van der Waals surface area contributed by atoms with Gasteiger partial charge < -0.3 is 25.8 Å². The van der Waals surface area contributed by atoms with Crippen molar-refractivity contribution in [3.05, 3.63) is 46.9 Å². The molecule has 0 saturated carbocycles. The summed E-state index contributed by atoms with van der Waals surface area (Å²) in [5.74, 6) is -0.984. The van der Waals surface area contributed by atoms with Crippen LogP contribution in [0.5, 0.6) is 0 Å². The second-order valence-electron chi connectivity index (χ2n) is 5.68. The second-order valence-corrected chi connectivity index (χ2v) is 5.68. The van der Waals surface area contributed by atoms with Crippen LogP contribution in [0.4, 0.5) is 9.18 Å². The molecule has 0 bridgehead atoms. The minimum absolute atomic E-state index is 0.171. The normalized spacial score (nSPS) is 18.4. The van der Waals surface area contributed by atoms with Gasteiger partial charge in [-0.3, -0.25) is 0 Å². The number of esters is 1. The van der Waals surface area contributed by atoms with E-state index in [2.05, 4.69) is 16.0 Å². The van der Waals surface area contributed by atoms with Crippen molar-refractivity contribution >= 4 is 12.0 Å². The van der Waals surface area contributed by atoms with Crippen LogP contribution < -0.4 is 16.0 Å². The predicted molar refractivity (Wildman–Crippen MR) is 89.0 cm³/mol. The van der Waals surface area contributed by atoms with E-state index in [4.69, 9.17) is 4.74 Å². The van der Waals surface area contributed by atoms with Crippen LogP contribution in [0.1, 0.15) is 25.5 Å². The van der Waals surface area contributed by atoms with Crippen LogP contribution in [0, 0.1) is 5.82 Å². The molecule has 1 unspecified atom stereocenters. The molecule has 1 aliphatic heterocycles. The molecule has 0 fully saturated rings. The maximum Gasteiger partial charge on any atom is 0.338 e. The number of hydrogen-bond donors (Lipinski definition) is 4. The Labute approximate surface area is 145 Å². The van der Waals surface area contributed by atoms with Crippen LogP contribution >= 0.6 is 0 Å². The van der Waals surface area contributed by atoms with Gasteiger partial charge in [0.1, 0.15) is 5.82 Å². The highest BCUT2D eigenvalue weighted by Gasteiger charge is 2.33. The number of carbonyl (C=O) groups excluding carboxylic acids is 2. The summed E-state index contributed by atoms with van der Waals surface area (Å²) >= 11 is 0. The fraction of sp³-hybridized carbons (Fsp3) is 0.412. The molecule has 25 heavy (non-hydrogen) atoms. The number of nitrogens with one attached hydrogen (secondary N) is 3. The molecule has 7 nitrogen and oxygen atoms in total. The quantitative estimate of drug-likeness (QED) is 0.549. The molecule has 1 aliphatic rings. The molecule has 0 spiro atoms. The number of halogens is 1. The highest BCUT2D eigenvalue weighted by Crippen LogP contribution is 2.27. The van der Waals surface area contributed by atoms with Gasteiger partial charge >= 0.3 is 12.0 Å². The van der Waals surface area contributed by atoms with E-state index in [1.54, 1.807) is 13.8 Å². The van der Waals surface area contributed by atoms with E-state index in [-0.39, 0.29) is 18.7 Å². The average molecular weight is 351 g/mol. The van der Waals surface area contributed by atoms with Gasteiger partial charge in [-0.1, -0.05) is 12.1 Å². The lowest BCUT2D eigenvalue weighted by Crippen LogP contribution is -2.48. The number of rotatable bonds is 7. The van der Waals surface area contributed by atoms with E-state index in [0.717, 1.165) is 0 Å². The fourth-order valence-corrected chi connectivity index (χ4v) is 2.52. The summed E-state index contributed by atoms with van der Waals surface area (Å²) in [7, 11) is 0. The summed E-state index contributed by atoms with van der Waals surface area (Å²) in [6.45, 7) is 3.95. The van der Waals surface area contributed by atoms with Crippen molar-refractivity contribution in [2.75, 3.05) is 19.7 Å². The number of amides is 2. The van der Waals surface area contributed by atoms with Gasteiger partial charge in [0.15, 0.2) is 0 Å². The number of aliphatic hydroxyl groups is 1. The molecule has 2 atom stereocenters. The largest absolute Gasteiger partial charge is 0.463 e. The van der Waals surface area contributed by atoms with E-state index >= 15 is 0 Å². The van der Waals surface area contributed by atoms with Crippen LogP contribution in [0.25, 0.3) is 0 Å². The smallest absolute Gasteiger partial charge is 0.338 e. The summed E-state index contributed by atoms with van der Waals surface area (Å²) in [5.41, 5.74) is 1.16. The van der Waals surface area contributed by atoms with E-state index in [9.17, 15) is 19.1 Å². The zero-order valence-corrected chi connectivity index (χ0v) is 14.1. The number of hydrogen-bond acceptors (Lipinski definition) is 5. The van der Waals surface area contributed by atoms with Gasteiger partial charge in [0, 0.05) is 18.8 Å². The van der Waals surface area contributed by atoms with Crippen LogP contribution in [-0.2, 0) is 9.53 Å². The van der Waals surface area contributed by atoms with Gasteiger partial charge in [-0.15, -0.1) is 0 Å². The standard InChI is InChI=1S/C17H22FN3O4/c1-3-25-16(23)14-13(9-19-8-10(2)22)20-17(24)21-15(14)11-4-6-12(18)7-5-11/h4-7,10,15,19,22H,3,8-9H2,1-2H3,(H2,20,21,24)/t10-,15?/m0/s1. The Morgan fingerprint density at radius 2 is 2.08 bits per heavy atom. The zero-order valence-electron chi connectivity index (χ0n) is 14.1. The van der Waals surface area contributed by atoms with Crippen molar-refractivity contribution in [3.8, 4) is 0 Å². The molecule has 0 saturated heterocycles. The topological polar surface area (TPSA) is 99.7 Å². The molecular weight excluding hydrogens is 329 g/mol. The highest BCUT2D eigenvalue weighted by molar-refractivity contribution is 5.95. The molecule has 1 aromatic carbocycles. The van der Waals surface area contributed by atoms with Crippen molar-refractivity contribution in [1.29, 1.82) is 0 Å². The summed E-state index contributed by atoms with van der Waals surface area (Å²) in [4.78, 5) is 24.4. The number of carbonyl (C=O) groups is 2. The molecule has 2 amide bonds. The maximum absolute atomic E-state index is 13.2. The lowest BCUT2D eigenvalue weighted by Gasteiger charge is -2.29. The Hall–Kier alpha value is -2.45. The van der Waals surface area contributed by atoms with Gasteiger partial charge in [0.05, 0.1) is 24.3 Å². The van der Waals surface area contributed by atoms with Crippen molar-refractivity contribution < 1.29 is 23.8 Å². The van der Waals surface area contributed by atoms with E-state index in [1.165, 1.54) is 24.3 Å². The Morgan fingerprint density at radius 1 is 1.40 bits per heavy atom. The summed E-state index contributed by atoms with van der Waals surface area (Å²) in [6, 6.07) is 4.31. The SMILES string of the molecule is CCOC(=O)C1=C(CNC[C@H](C)O)NC(=O)NC1c1ccc(F)cc1. The van der Waals surface area contributed by atoms with Gasteiger partial charge in [-0.2, -0.15) is 0 Å². The number of aliphatic hydroxyl groups excluding tert-OH is 1. The lowest BCUT2D eigenvalue weighted by atomic mass is 9.95. The molecule has 0 aliphatic carbocycles. The molecule has 1 aromatic rings. The highest BCUT2D eigenvalue weighted by atomic mass is 19.1. The van der Waals surface area contributed by atoms with Crippen LogP contribution in [0.3, 0.4) is 0 Å². The Morgan fingerprint density at radius 3 is 2.68 bits per heavy atom. The summed E-state index contributed by atoms with van der Waals surface area (Å²) < 4.78 is 18.3. The third-order valence-corrected chi connectivity index (χ3v) is 3.59. The fourth-order valence-electron chi connectivity index (χ4n) is 2.52. The molecule has 4 N–H and O–H groups in total. The Kier molecular flexibility index (Phi) is 6.49. The number of urea groups is 1. The number of ether oxygens (including phenoxy) is 1. The minimum atomic E-state index is -0.753. The van der Waals surface area contributed by atoms with E-state index in [0.29, 0.717) is 17.8 Å². The van der Waals surface area contributed by atoms with Gasteiger partial charge in [-0.05, 0) is 31.5 Å². The van der Waals surface area contributed by atoms with E-state index in [1.807, 2.05) is 0 Å². The van der Waals surface area contributed by atoms with Crippen molar-refractivity contribution in [1.82, 2.24) is 16.0 Å². The van der Waals surface area contributed by atoms with Crippen LogP contribution in [0.2, 0.25) is 0 Å². The second kappa shape index (κ2) is 8.59. The van der Waals surface area contributed by atoms with Gasteiger partial charge in [0.2, 0.25) is 0 Å².